The maximum atomic E-state index is 13.0. The van der Waals surface area contributed by atoms with Crippen molar-refractivity contribution in [1.82, 2.24) is 10.2 Å². The van der Waals surface area contributed by atoms with E-state index in [0.717, 1.165) is 36.1 Å². The Morgan fingerprint density at radius 1 is 1.28 bits per heavy atom. The molecule has 3 atom stereocenters. The molecule has 1 aromatic rings. The van der Waals surface area contributed by atoms with Crippen LogP contribution in [0.15, 0.2) is 18.2 Å². The summed E-state index contributed by atoms with van der Waals surface area (Å²) in [6.07, 6.45) is 3.82. The van der Waals surface area contributed by atoms with E-state index in [1.54, 1.807) is 6.07 Å². The van der Waals surface area contributed by atoms with Gasteiger partial charge >= 0.3 is 6.03 Å². The zero-order chi connectivity index (χ0) is 18.2. The molecule has 0 radical (unpaired) electrons. The zero-order valence-corrected chi connectivity index (χ0v) is 16.1. The van der Waals surface area contributed by atoms with Crippen LogP contribution in [-0.2, 0) is 11.3 Å². The van der Waals surface area contributed by atoms with Gasteiger partial charge in [0.2, 0.25) is 0 Å². The number of nitrogens with zero attached hydrogens (tertiary/aromatic N) is 1. The summed E-state index contributed by atoms with van der Waals surface area (Å²) < 4.78 is 0. The fourth-order valence-corrected chi connectivity index (χ4v) is 4.28. The maximum absolute atomic E-state index is 13.0. The first-order chi connectivity index (χ1) is 11.8. The number of quaternary nitrogens is 1. The molecule has 1 aliphatic carbocycles. The van der Waals surface area contributed by atoms with E-state index in [1.165, 1.54) is 4.90 Å². The van der Waals surface area contributed by atoms with Gasteiger partial charge in [-0.2, -0.15) is 0 Å². The van der Waals surface area contributed by atoms with Gasteiger partial charge in [-0.1, -0.05) is 49.0 Å². The molecule has 3 amide bonds. The molecule has 2 aliphatic rings. The second kappa shape index (κ2) is 7.14. The highest BCUT2D eigenvalue weighted by molar-refractivity contribution is 6.42. The predicted molar refractivity (Wildman–Crippen MR) is 97.7 cm³/mol. The highest BCUT2D eigenvalue weighted by atomic mass is 35.5. The van der Waals surface area contributed by atoms with Crippen LogP contribution in [0.4, 0.5) is 4.79 Å². The lowest BCUT2D eigenvalue weighted by Gasteiger charge is -2.36. The first-order valence-corrected chi connectivity index (χ1v) is 9.48. The summed E-state index contributed by atoms with van der Waals surface area (Å²) in [4.78, 5) is 27.8. The fraction of sp³-hybridized carbons (Fsp3) is 0.556. The Balaban J connectivity index is 1.68. The molecule has 1 spiro atoms. The van der Waals surface area contributed by atoms with Gasteiger partial charge < -0.3 is 10.2 Å². The van der Waals surface area contributed by atoms with Crippen molar-refractivity contribution in [3.8, 4) is 0 Å². The van der Waals surface area contributed by atoms with E-state index >= 15 is 0 Å². The second-order valence-corrected chi connectivity index (χ2v) is 8.14. The summed E-state index contributed by atoms with van der Waals surface area (Å²) in [5.74, 6) is 0.108. The van der Waals surface area contributed by atoms with Gasteiger partial charge in [0, 0.05) is 5.56 Å². The minimum absolute atomic E-state index is 0.0711. The number of carbonyl (C=O) groups is 2. The summed E-state index contributed by atoms with van der Waals surface area (Å²) in [5, 5.41) is 4.02. The number of imide groups is 1. The Morgan fingerprint density at radius 3 is 2.72 bits per heavy atom. The summed E-state index contributed by atoms with van der Waals surface area (Å²) in [6.45, 7) is 3.04. The van der Waals surface area contributed by atoms with Gasteiger partial charge in [0.1, 0.15) is 12.1 Å². The summed E-state index contributed by atoms with van der Waals surface area (Å²) in [6, 6.07) is 5.23. The van der Waals surface area contributed by atoms with Gasteiger partial charge in [-0.15, -0.1) is 0 Å². The van der Waals surface area contributed by atoms with E-state index in [-0.39, 0.29) is 17.9 Å². The van der Waals surface area contributed by atoms with E-state index in [9.17, 15) is 9.59 Å². The fourth-order valence-electron chi connectivity index (χ4n) is 3.96. The van der Waals surface area contributed by atoms with Gasteiger partial charge in [0.05, 0.1) is 17.1 Å². The molecule has 1 aliphatic heterocycles. The van der Waals surface area contributed by atoms with Crippen molar-refractivity contribution in [3.05, 3.63) is 33.8 Å². The number of hydrogen-bond acceptors (Lipinski definition) is 2. The smallest absolute Gasteiger partial charge is 0.323 e. The van der Waals surface area contributed by atoms with Crippen molar-refractivity contribution < 1.29 is 14.5 Å². The van der Waals surface area contributed by atoms with Crippen LogP contribution in [0.25, 0.3) is 0 Å². The molecule has 1 heterocycles. The molecule has 0 bridgehead atoms. The number of urea groups is 1. The predicted octanol–water partition coefficient (Wildman–Crippen LogP) is 2.47. The normalized spacial score (nSPS) is 27.7. The van der Waals surface area contributed by atoms with E-state index in [1.807, 2.05) is 19.2 Å². The lowest BCUT2D eigenvalue weighted by atomic mass is 9.73. The van der Waals surface area contributed by atoms with E-state index in [0.29, 0.717) is 23.3 Å². The molecule has 1 saturated heterocycles. The average molecular weight is 385 g/mol. The van der Waals surface area contributed by atoms with E-state index in [2.05, 4.69) is 12.2 Å². The summed E-state index contributed by atoms with van der Waals surface area (Å²) in [7, 11) is 1.96. The van der Waals surface area contributed by atoms with Gasteiger partial charge in [-0.25, -0.2) is 9.69 Å². The molecule has 0 aromatic heterocycles. The molecule has 7 heteroatoms. The third-order valence-corrected chi connectivity index (χ3v) is 6.16. The molecule has 136 valence electrons. The standard InChI is InChI=1S/C18H23Cl2N3O2/c1-12-5-3-4-8-18(12)16(24)23(17(25)21-18)11-22(2)10-13-6-7-14(19)15(20)9-13/h6-7,9,12H,3-5,8,10-11H2,1-2H3,(H,21,25)/p+1/t12-,18-/m1/s1. The van der Waals surface area contributed by atoms with Crippen molar-refractivity contribution in [2.45, 2.75) is 44.7 Å². The van der Waals surface area contributed by atoms with Gasteiger partial charge in [-0.3, -0.25) is 4.79 Å². The highest BCUT2D eigenvalue weighted by Crippen LogP contribution is 2.37. The first-order valence-electron chi connectivity index (χ1n) is 8.73. The molecule has 2 fully saturated rings. The second-order valence-electron chi connectivity index (χ2n) is 7.32. The average Bonchev–Trinajstić information content (AvgIpc) is 2.79. The van der Waals surface area contributed by atoms with Crippen molar-refractivity contribution in [3.63, 3.8) is 0 Å². The quantitative estimate of drug-likeness (QED) is 0.783. The monoisotopic (exact) mass is 384 g/mol. The van der Waals surface area contributed by atoms with Crippen LogP contribution >= 0.6 is 23.2 Å². The largest absolute Gasteiger partial charge is 0.329 e. The molecular weight excluding hydrogens is 361 g/mol. The number of amides is 3. The van der Waals surface area contributed by atoms with Crippen molar-refractivity contribution in [1.29, 1.82) is 0 Å². The Bertz CT molecular complexity index is 697. The molecule has 1 unspecified atom stereocenters. The third-order valence-electron chi connectivity index (χ3n) is 5.42. The molecule has 5 nitrogen and oxygen atoms in total. The lowest BCUT2D eigenvalue weighted by molar-refractivity contribution is -0.901. The number of carbonyl (C=O) groups excluding carboxylic acids is 2. The van der Waals surface area contributed by atoms with E-state index < -0.39 is 5.54 Å². The van der Waals surface area contributed by atoms with Crippen LogP contribution in [0, 0.1) is 5.92 Å². The third kappa shape index (κ3) is 3.50. The number of rotatable bonds is 4. The SMILES string of the molecule is C[C@@H]1CCCC[C@@]12NC(=O)N(C[NH+](C)Cc1ccc(Cl)c(Cl)c1)C2=O. The molecule has 25 heavy (non-hydrogen) atoms. The molecule has 1 aromatic carbocycles. The number of benzene rings is 1. The topological polar surface area (TPSA) is 53.9 Å². The number of nitrogens with one attached hydrogen (secondary N) is 2. The van der Waals surface area contributed by atoms with Gasteiger partial charge in [0.15, 0.2) is 6.67 Å². The maximum Gasteiger partial charge on any atom is 0.329 e. The molecular formula is C18H24Cl2N3O2+. The van der Waals surface area contributed by atoms with Gasteiger partial charge in [-0.05, 0) is 30.9 Å². The molecule has 2 N–H and O–H groups in total. The van der Waals surface area contributed by atoms with Crippen LogP contribution in [0.3, 0.4) is 0 Å². The van der Waals surface area contributed by atoms with Crippen LogP contribution in [0.2, 0.25) is 10.0 Å². The van der Waals surface area contributed by atoms with Crippen LogP contribution in [0.1, 0.15) is 38.2 Å². The number of halogens is 2. The van der Waals surface area contributed by atoms with Crippen molar-refractivity contribution >= 4 is 35.1 Å². The van der Waals surface area contributed by atoms with Crippen molar-refractivity contribution in [2.24, 2.45) is 5.92 Å². The highest BCUT2D eigenvalue weighted by Gasteiger charge is 2.55. The Kier molecular flexibility index (Phi) is 5.28. The van der Waals surface area contributed by atoms with Gasteiger partial charge in [0.25, 0.3) is 5.91 Å². The van der Waals surface area contributed by atoms with Crippen molar-refractivity contribution in [2.75, 3.05) is 13.7 Å². The van der Waals surface area contributed by atoms with Crippen LogP contribution in [-0.4, -0.2) is 36.1 Å². The van der Waals surface area contributed by atoms with Crippen LogP contribution in [0.5, 0.6) is 0 Å². The minimum Gasteiger partial charge on any atom is -0.323 e. The lowest BCUT2D eigenvalue weighted by Crippen LogP contribution is -3.09. The van der Waals surface area contributed by atoms with E-state index in [4.69, 9.17) is 23.2 Å². The Hall–Kier alpha value is -1.30. The van der Waals surface area contributed by atoms with Crippen LogP contribution < -0.4 is 10.2 Å². The summed E-state index contributed by atoms with van der Waals surface area (Å²) >= 11 is 12.0. The number of hydrogen-bond donors (Lipinski definition) is 2. The molecule has 3 rings (SSSR count). The Morgan fingerprint density at radius 2 is 2.04 bits per heavy atom. The summed E-state index contributed by atoms with van der Waals surface area (Å²) in [5.41, 5.74) is 0.318. The minimum atomic E-state index is -0.695. The first kappa shape index (κ1) is 18.5. The Labute approximate surface area is 158 Å². The zero-order valence-electron chi connectivity index (χ0n) is 14.6. The molecule has 1 saturated carbocycles.